The third-order valence-corrected chi connectivity index (χ3v) is 3.54. The molecular formula is C15H17F3N2O4S. The molecule has 10 heteroatoms. The van der Waals surface area contributed by atoms with E-state index in [9.17, 15) is 27.6 Å². The number of carbonyl (C=O) groups is 3. The Morgan fingerprint density at radius 3 is 2.32 bits per heavy atom. The van der Waals surface area contributed by atoms with Crippen LogP contribution in [0.25, 0.3) is 0 Å². The molecule has 25 heavy (non-hydrogen) atoms. The number of hydrogen-bond donors (Lipinski definition) is 2. The summed E-state index contributed by atoms with van der Waals surface area (Å²) in [5.41, 5.74) is 1.68. The van der Waals surface area contributed by atoms with Crippen molar-refractivity contribution in [2.24, 2.45) is 0 Å². The highest BCUT2D eigenvalue weighted by atomic mass is 32.2. The van der Waals surface area contributed by atoms with Gasteiger partial charge in [-0.3, -0.25) is 14.4 Å². The van der Waals surface area contributed by atoms with Gasteiger partial charge in [-0.05, 0) is 19.1 Å². The summed E-state index contributed by atoms with van der Waals surface area (Å²) in [7, 11) is 0. The van der Waals surface area contributed by atoms with Crippen LogP contribution in [0.5, 0.6) is 0 Å². The first-order valence-corrected chi connectivity index (χ1v) is 8.24. The van der Waals surface area contributed by atoms with Crippen LogP contribution in [-0.2, 0) is 19.1 Å². The summed E-state index contributed by atoms with van der Waals surface area (Å²) >= 11 is 0.963. The Hall–Kier alpha value is -2.23. The lowest BCUT2D eigenvalue weighted by Gasteiger charge is -2.09. The maximum absolute atomic E-state index is 11.9. The van der Waals surface area contributed by atoms with Gasteiger partial charge in [-0.25, -0.2) is 0 Å². The van der Waals surface area contributed by atoms with Crippen LogP contribution in [0, 0.1) is 6.92 Å². The summed E-state index contributed by atoms with van der Waals surface area (Å²) in [5.74, 6) is -2.37. The molecule has 0 saturated heterocycles. The molecule has 138 valence electrons. The van der Waals surface area contributed by atoms with Crippen LogP contribution < -0.4 is 10.6 Å². The SMILES string of the molecule is Cc1ccc(NC(=O)CSCC(=O)OCC(=O)NCC(F)(F)F)cc1. The number of benzene rings is 1. The van der Waals surface area contributed by atoms with E-state index >= 15 is 0 Å². The van der Waals surface area contributed by atoms with Crippen LogP contribution in [0.3, 0.4) is 0 Å². The summed E-state index contributed by atoms with van der Waals surface area (Å²) in [6, 6.07) is 7.16. The zero-order valence-electron chi connectivity index (χ0n) is 13.3. The molecule has 1 rings (SSSR count). The summed E-state index contributed by atoms with van der Waals surface area (Å²) in [6.07, 6.45) is -4.53. The van der Waals surface area contributed by atoms with E-state index in [1.807, 2.05) is 19.1 Å². The van der Waals surface area contributed by atoms with Crippen molar-refractivity contribution in [1.29, 1.82) is 0 Å². The Kier molecular flexibility index (Phi) is 8.26. The number of nitrogens with one attached hydrogen (secondary N) is 2. The molecule has 0 aliphatic carbocycles. The lowest BCUT2D eigenvalue weighted by atomic mass is 10.2. The van der Waals surface area contributed by atoms with Crippen LogP contribution in [-0.4, -0.2) is 48.6 Å². The van der Waals surface area contributed by atoms with E-state index in [-0.39, 0.29) is 17.4 Å². The maximum Gasteiger partial charge on any atom is 0.405 e. The van der Waals surface area contributed by atoms with Gasteiger partial charge in [0.05, 0.1) is 11.5 Å². The molecule has 0 spiro atoms. The molecule has 1 aromatic carbocycles. The Morgan fingerprint density at radius 2 is 1.72 bits per heavy atom. The van der Waals surface area contributed by atoms with Gasteiger partial charge in [0.15, 0.2) is 6.61 Å². The second kappa shape index (κ2) is 9.92. The molecule has 1 aromatic rings. The number of ether oxygens (including phenoxy) is 1. The quantitative estimate of drug-likeness (QED) is 0.675. The summed E-state index contributed by atoms with van der Waals surface area (Å²) in [4.78, 5) is 34.1. The molecule has 0 radical (unpaired) electrons. The number of amides is 2. The minimum atomic E-state index is -4.53. The monoisotopic (exact) mass is 378 g/mol. The van der Waals surface area contributed by atoms with Gasteiger partial charge in [-0.15, -0.1) is 11.8 Å². The van der Waals surface area contributed by atoms with Gasteiger partial charge in [0.1, 0.15) is 6.54 Å². The van der Waals surface area contributed by atoms with Crippen LogP contribution in [0.15, 0.2) is 24.3 Å². The molecule has 0 saturated carbocycles. The fourth-order valence-electron chi connectivity index (χ4n) is 1.50. The first-order chi connectivity index (χ1) is 11.7. The van der Waals surface area contributed by atoms with Crippen LogP contribution in [0.2, 0.25) is 0 Å². The third kappa shape index (κ3) is 10.3. The number of rotatable bonds is 8. The van der Waals surface area contributed by atoms with E-state index in [2.05, 4.69) is 10.1 Å². The Bertz CT molecular complexity index is 606. The van der Waals surface area contributed by atoms with Crippen LogP contribution >= 0.6 is 11.8 Å². The molecule has 0 bridgehead atoms. The number of esters is 1. The second-order valence-corrected chi connectivity index (χ2v) is 5.95. The minimum Gasteiger partial charge on any atom is -0.455 e. The van der Waals surface area contributed by atoms with E-state index < -0.39 is 31.2 Å². The zero-order valence-corrected chi connectivity index (χ0v) is 14.1. The van der Waals surface area contributed by atoms with Gasteiger partial charge < -0.3 is 15.4 Å². The van der Waals surface area contributed by atoms with Crippen molar-refractivity contribution in [2.45, 2.75) is 13.1 Å². The molecule has 0 fully saturated rings. The molecule has 0 atom stereocenters. The van der Waals surface area contributed by atoms with Crippen LogP contribution in [0.1, 0.15) is 5.56 Å². The van der Waals surface area contributed by atoms with Crippen LogP contribution in [0.4, 0.5) is 18.9 Å². The first-order valence-electron chi connectivity index (χ1n) is 7.09. The topological polar surface area (TPSA) is 84.5 Å². The smallest absolute Gasteiger partial charge is 0.405 e. The van der Waals surface area contributed by atoms with E-state index in [0.29, 0.717) is 5.69 Å². The molecule has 2 N–H and O–H groups in total. The second-order valence-electron chi connectivity index (χ2n) is 4.96. The average molecular weight is 378 g/mol. The lowest BCUT2D eigenvalue weighted by molar-refractivity contribution is -0.149. The highest BCUT2D eigenvalue weighted by molar-refractivity contribution is 8.00. The molecule has 0 aliphatic rings. The van der Waals surface area contributed by atoms with E-state index in [1.54, 1.807) is 17.4 Å². The van der Waals surface area contributed by atoms with Gasteiger partial charge >= 0.3 is 12.1 Å². The average Bonchev–Trinajstić information content (AvgIpc) is 2.52. The van der Waals surface area contributed by atoms with E-state index in [0.717, 1.165) is 17.3 Å². The number of halogens is 3. The molecular weight excluding hydrogens is 361 g/mol. The number of aryl methyl sites for hydroxylation is 1. The van der Waals surface area contributed by atoms with Crippen molar-refractivity contribution in [2.75, 3.05) is 30.0 Å². The Labute approximate surface area is 146 Å². The fraction of sp³-hybridized carbons (Fsp3) is 0.400. The largest absolute Gasteiger partial charge is 0.455 e. The van der Waals surface area contributed by atoms with Crippen molar-refractivity contribution in [1.82, 2.24) is 5.32 Å². The van der Waals surface area contributed by atoms with E-state index in [4.69, 9.17) is 0 Å². The summed E-state index contributed by atoms with van der Waals surface area (Å²) in [5, 5.41) is 4.21. The number of hydrogen-bond acceptors (Lipinski definition) is 5. The lowest BCUT2D eigenvalue weighted by Crippen LogP contribution is -2.36. The number of thioether (sulfide) groups is 1. The van der Waals surface area contributed by atoms with Crippen molar-refractivity contribution >= 4 is 35.2 Å². The molecule has 6 nitrogen and oxygen atoms in total. The van der Waals surface area contributed by atoms with Gasteiger partial charge in [0.25, 0.3) is 5.91 Å². The van der Waals surface area contributed by atoms with Crippen molar-refractivity contribution in [3.8, 4) is 0 Å². The predicted octanol–water partition coefficient (Wildman–Crippen LogP) is 1.89. The highest BCUT2D eigenvalue weighted by Crippen LogP contribution is 2.12. The third-order valence-electron chi connectivity index (χ3n) is 2.64. The normalized spacial score (nSPS) is 10.9. The first kappa shape index (κ1) is 20.8. The van der Waals surface area contributed by atoms with E-state index in [1.165, 1.54) is 0 Å². The summed E-state index contributed by atoms with van der Waals surface area (Å²) < 4.78 is 40.1. The molecule has 0 heterocycles. The standard InChI is InChI=1S/C15H17F3N2O4S/c1-10-2-4-11(5-3-10)20-13(22)7-25-8-14(23)24-6-12(21)19-9-15(16,17)18/h2-5H,6-9H2,1H3,(H,19,21)(H,20,22). The predicted molar refractivity (Wildman–Crippen MR) is 87.2 cm³/mol. The maximum atomic E-state index is 11.9. The number of anilines is 1. The Morgan fingerprint density at radius 1 is 1.08 bits per heavy atom. The molecule has 0 aliphatic heterocycles. The van der Waals surface area contributed by atoms with Crippen molar-refractivity contribution in [3.05, 3.63) is 29.8 Å². The van der Waals surface area contributed by atoms with Gasteiger partial charge in [-0.2, -0.15) is 13.2 Å². The van der Waals surface area contributed by atoms with Gasteiger partial charge in [-0.1, -0.05) is 17.7 Å². The van der Waals surface area contributed by atoms with Crippen molar-refractivity contribution in [3.63, 3.8) is 0 Å². The highest BCUT2D eigenvalue weighted by Gasteiger charge is 2.27. The Balaban J connectivity index is 2.16. The molecule has 2 amide bonds. The minimum absolute atomic E-state index is 0.0107. The molecule has 0 unspecified atom stereocenters. The molecule has 0 aromatic heterocycles. The van der Waals surface area contributed by atoms with Crippen molar-refractivity contribution < 1.29 is 32.3 Å². The number of alkyl halides is 3. The van der Waals surface area contributed by atoms with Gasteiger partial charge in [0.2, 0.25) is 5.91 Å². The van der Waals surface area contributed by atoms with Gasteiger partial charge in [0, 0.05) is 5.69 Å². The number of carbonyl (C=O) groups excluding carboxylic acids is 3. The zero-order chi connectivity index (χ0) is 18.9. The fourth-order valence-corrected chi connectivity index (χ4v) is 2.11. The summed E-state index contributed by atoms with van der Waals surface area (Å²) in [6.45, 7) is -0.376.